The highest BCUT2D eigenvalue weighted by Gasteiger charge is 2.28. The van der Waals surface area contributed by atoms with Gasteiger partial charge in [0.05, 0.1) is 5.39 Å². The lowest BCUT2D eigenvalue weighted by atomic mass is 10.0. The highest BCUT2D eigenvalue weighted by atomic mass is 35.5. The van der Waals surface area contributed by atoms with Gasteiger partial charge in [-0.2, -0.15) is 0 Å². The number of pyridine rings is 1. The van der Waals surface area contributed by atoms with Gasteiger partial charge in [0.25, 0.3) is 0 Å². The highest BCUT2D eigenvalue weighted by molar-refractivity contribution is 6.36. The van der Waals surface area contributed by atoms with E-state index in [0.717, 1.165) is 42.8 Å². The zero-order chi connectivity index (χ0) is 23.3. The van der Waals surface area contributed by atoms with Gasteiger partial charge in [-0.15, -0.1) is 0 Å². The van der Waals surface area contributed by atoms with Crippen molar-refractivity contribution in [2.45, 2.75) is 33.2 Å². The molecule has 2 aromatic carbocycles. The minimum atomic E-state index is -0.444. The van der Waals surface area contributed by atoms with Crippen LogP contribution in [0.15, 0.2) is 42.6 Å². The van der Waals surface area contributed by atoms with Crippen LogP contribution in [0.2, 0.25) is 5.02 Å². The van der Waals surface area contributed by atoms with Crippen molar-refractivity contribution in [3.8, 4) is 11.3 Å². The van der Waals surface area contributed by atoms with Crippen LogP contribution in [0.4, 0.5) is 10.2 Å². The molecule has 1 aliphatic heterocycles. The van der Waals surface area contributed by atoms with Crippen LogP contribution in [0.25, 0.3) is 32.9 Å². The molecule has 0 radical (unpaired) electrons. The molecule has 0 atom stereocenters. The maximum atomic E-state index is 15.9. The van der Waals surface area contributed by atoms with E-state index in [4.69, 9.17) is 11.6 Å². The van der Waals surface area contributed by atoms with Gasteiger partial charge in [-0.3, -0.25) is 9.88 Å². The van der Waals surface area contributed by atoms with Crippen molar-refractivity contribution in [3.63, 3.8) is 0 Å². The summed E-state index contributed by atoms with van der Waals surface area (Å²) < 4.78 is 15.9. The molecular formula is C26H27ClFN5. The molecule has 0 unspecified atom stereocenters. The lowest BCUT2D eigenvalue weighted by molar-refractivity contribution is 0.128. The molecule has 0 bridgehead atoms. The van der Waals surface area contributed by atoms with Crippen molar-refractivity contribution >= 4 is 39.1 Å². The molecule has 0 aliphatic carbocycles. The zero-order valence-electron chi connectivity index (χ0n) is 19.4. The minimum absolute atomic E-state index is 0.123. The van der Waals surface area contributed by atoms with Crippen LogP contribution in [-0.4, -0.2) is 51.6 Å². The number of hydrogen-bond acceptors (Lipinski definition) is 5. The second kappa shape index (κ2) is 8.19. The molecule has 0 N–H and O–H groups in total. The highest BCUT2D eigenvalue weighted by Crippen LogP contribution is 2.36. The number of benzene rings is 2. The number of anilines is 1. The minimum Gasteiger partial charge on any atom is -0.353 e. The first-order chi connectivity index (χ1) is 15.7. The van der Waals surface area contributed by atoms with E-state index >= 15 is 4.39 Å². The lowest BCUT2D eigenvalue weighted by Crippen LogP contribution is -2.53. The van der Waals surface area contributed by atoms with Crippen molar-refractivity contribution in [1.82, 2.24) is 19.9 Å². The van der Waals surface area contributed by atoms with Crippen LogP contribution in [-0.2, 0) is 0 Å². The Balaban J connectivity index is 1.61. The number of nitrogens with zero attached hydrogens (tertiary/aromatic N) is 5. The largest absolute Gasteiger partial charge is 0.353 e. The quantitative estimate of drug-likeness (QED) is 0.372. The fraction of sp³-hybridized carbons (Fsp3) is 0.346. The second-order valence-corrected chi connectivity index (χ2v) is 9.97. The van der Waals surface area contributed by atoms with Crippen molar-refractivity contribution in [3.05, 3.63) is 59.3 Å². The van der Waals surface area contributed by atoms with E-state index in [1.807, 2.05) is 43.3 Å². The van der Waals surface area contributed by atoms with Crippen LogP contribution >= 0.6 is 11.6 Å². The first-order valence-electron chi connectivity index (χ1n) is 11.2. The SMILES string of the molecule is Cc1nc(N2CCN(C(C)(C)C)CC2)c2cnc(-c3cccc4cccc(Cl)c34)c(F)c2n1. The lowest BCUT2D eigenvalue weighted by Gasteiger charge is -2.42. The van der Waals surface area contributed by atoms with Crippen LogP contribution in [0.3, 0.4) is 0 Å². The summed E-state index contributed by atoms with van der Waals surface area (Å²) in [5.74, 6) is 0.850. The molecule has 3 heterocycles. The Morgan fingerprint density at radius 3 is 2.36 bits per heavy atom. The summed E-state index contributed by atoms with van der Waals surface area (Å²) in [6.45, 7) is 12.0. The third-order valence-electron chi connectivity index (χ3n) is 6.41. The average Bonchev–Trinajstić information content (AvgIpc) is 2.79. The fourth-order valence-corrected chi connectivity index (χ4v) is 4.94. The van der Waals surface area contributed by atoms with E-state index < -0.39 is 5.82 Å². The van der Waals surface area contributed by atoms with E-state index in [0.29, 0.717) is 27.3 Å². The molecule has 0 saturated carbocycles. The van der Waals surface area contributed by atoms with Gasteiger partial charge < -0.3 is 4.90 Å². The smallest absolute Gasteiger partial charge is 0.175 e. The summed E-state index contributed by atoms with van der Waals surface area (Å²) in [6, 6.07) is 11.4. The van der Waals surface area contributed by atoms with E-state index in [9.17, 15) is 0 Å². The fourth-order valence-electron chi connectivity index (χ4n) is 4.66. The van der Waals surface area contributed by atoms with Gasteiger partial charge in [0.15, 0.2) is 5.82 Å². The topological polar surface area (TPSA) is 45.2 Å². The molecular weight excluding hydrogens is 437 g/mol. The molecule has 0 amide bonds. The molecule has 4 aromatic rings. The first kappa shape index (κ1) is 22.0. The van der Waals surface area contributed by atoms with Gasteiger partial charge in [-0.05, 0) is 39.1 Å². The summed E-state index contributed by atoms with van der Waals surface area (Å²) in [5.41, 5.74) is 1.33. The molecule has 0 spiro atoms. The summed E-state index contributed by atoms with van der Waals surface area (Å²) in [6.07, 6.45) is 1.70. The monoisotopic (exact) mass is 463 g/mol. The standard InChI is InChI=1S/C26H27ClFN5/c1-16-30-24-19(25(31-16)32-11-13-33(14-12-32)26(2,3)4)15-29-23(22(24)28)18-9-5-7-17-8-6-10-20(27)21(17)18/h5-10,15H,11-14H2,1-4H3. The van der Waals surface area contributed by atoms with Gasteiger partial charge in [0, 0.05) is 53.9 Å². The van der Waals surface area contributed by atoms with Crippen LogP contribution < -0.4 is 4.90 Å². The Labute approximate surface area is 198 Å². The van der Waals surface area contributed by atoms with E-state index in [1.54, 1.807) is 6.20 Å². The predicted molar refractivity (Wildman–Crippen MR) is 134 cm³/mol. The number of rotatable bonds is 2. The van der Waals surface area contributed by atoms with Gasteiger partial charge in [0.2, 0.25) is 0 Å². The summed E-state index contributed by atoms with van der Waals surface area (Å²) in [4.78, 5) is 18.4. The Morgan fingerprint density at radius 2 is 1.67 bits per heavy atom. The molecule has 1 aliphatic rings. The number of hydrogen-bond donors (Lipinski definition) is 0. The van der Waals surface area contributed by atoms with Gasteiger partial charge >= 0.3 is 0 Å². The van der Waals surface area contributed by atoms with Gasteiger partial charge in [-0.25, -0.2) is 14.4 Å². The third-order valence-corrected chi connectivity index (χ3v) is 6.73. The molecule has 2 aromatic heterocycles. The Kier molecular flexibility index (Phi) is 5.46. The zero-order valence-corrected chi connectivity index (χ0v) is 20.1. The number of halogens is 2. The maximum absolute atomic E-state index is 15.9. The summed E-state index contributed by atoms with van der Waals surface area (Å²) in [7, 11) is 0. The molecule has 5 rings (SSSR count). The van der Waals surface area contributed by atoms with Gasteiger partial charge in [0.1, 0.15) is 22.9 Å². The maximum Gasteiger partial charge on any atom is 0.175 e. The van der Waals surface area contributed by atoms with E-state index in [2.05, 4.69) is 45.5 Å². The average molecular weight is 464 g/mol. The van der Waals surface area contributed by atoms with Crippen molar-refractivity contribution in [2.24, 2.45) is 0 Å². The van der Waals surface area contributed by atoms with Crippen LogP contribution in [0, 0.1) is 12.7 Å². The normalized spacial score (nSPS) is 15.5. The Hall–Kier alpha value is -2.83. The number of piperazine rings is 1. The first-order valence-corrected chi connectivity index (χ1v) is 11.6. The molecule has 7 heteroatoms. The molecule has 1 fully saturated rings. The van der Waals surface area contributed by atoms with Crippen molar-refractivity contribution in [2.75, 3.05) is 31.1 Å². The van der Waals surface area contributed by atoms with Gasteiger partial charge in [-0.1, -0.05) is 41.9 Å². The van der Waals surface area contributed by atoms with Crippen molar-refractivity contribution < 1.29 is 4.39 Å². The number of aromatic nitrogens is 3. The second-order valence-electron chi connectivity index (χ2n) is 9.57. The molecule has 1 saturated heterocycles. The van der Waals surface area contributed by atoms with Crippen LogP contribution in [0.5, 0.6) is 0 Å². The Morgan fingerprint density at radius 1 is 0.970 bits per heavy atom. The van der Waals surface area contributed by atoms with E-state index in [1.165, 1.54) is 0 Å². The number of fused-ring (bicyclic) bond motifs is 2. The number of aryl methyl sites for hydroxylation is 1. The van der Waals surface area contributed by atoms with E-state index in [-0.39, 0.29) is 11.2 Å². The Bertz CT molecular complexity index is 1350. The molecule has 5 nitrogen and oxygen atoms in total. The van der Waals surface area contributed by atoms with Crippen molar-refractivity contribution in [1.29, 1.82) is 0 Å². The molecule has 170 valence electrons. The summed E-state index contributed by atoms with van der Waals surface area (Å²) >= 11 is 6.49. The predicted octanol–water partition coefficient (Wildman–Crippen LogP) is 5.87. The summed E-state index contributed by atoms with van der Waals surface area (Å²) in [5, 5.41) is 2.94. The molecule has 33 heavy (non-hydrogen) atoms. The third kappa shape index (κ3) is 3.91. The van der Waals surface area contributed by atoms with Crippen LogP contribution in [0.1, 0.15) is 26.6 Å².